The van der Waals surface area contributed by atoms with Gasteiger partial charge in [0.15, 0.2) is 0 Å². The standard InChI is InChI=1S/C16H26N4O2/c1-4-20(17)15-10(2)14(13(16(21)22)11(3)18-15)19-12-8-6-5-7-9-12/h12H,4-9,17H2,1-3H3,(H,18,19)(H,21,22). The van der Waals surface area contributed by atoms with Gasteiger partial charge in [0.25, 0.3) is 0 Å². The number of pyridine rings is 1. The average Bonchev–Trinajstić information content (AvgIpc) is 2.50. The largest absolute Gasteiger partial charge is 0.478 e. The van der Waals surface area contributed by atoms with Crippen molar-refractivity contribution in [3.63, 3.8) is 0 Å². The van der Waals surface area contributed by atoms with Crippen molar-refractivity contribution in [1.29, 1.82) is 0 Å². The topological polar surface area (TPSA) is 91.5 Å². The maximum atomic E-state index is 11.7. The highest BCUT2D eigenvalue weighted by molar-refractivity contribution is 5.97. The van der Waals surface area contributed by atoms with E-state index >= 15 is 0 Å². The Labute approximate surface area is 131 Å². The summed E-state index contributed by atoms with van der Waals surface area (Å²) in [6, 6.07) is 0.327. The number of aromatic nitrogens is 1. The molecule has 0 saturated heterocycles. The number of anilines is 2. The maximum Gasteiger partial charge on any atom is 0.339 e. The predicted molar refractivity (Wildman–Crippen MR) is 88.4 cm³/mol. The number of carbonyl (C=O) groups is 1. The third-order valence-corrected chi connectivity index (χ3v) is 4.38. The van der Waals surface area contributed by atoms with Crippen molar-refractivity contribution in [2.24, 2.45) is 5.84 Å². The minimum atomic E-state index is -0.946. The maximum absolute atomic E-state index is 11.7. The number of nitrogens with two attached hydrogens (primary N) is 1. The number of carboxylic acids is 1. The van der Waals surface area contributed by atoms with E-state index in [2.05, 4.69) is 10.3 Å². The van der Waals surface area contributed by atoms with Gasteiger partial charge in [0, 0.05) is 18.2 Å². The lowest BCUT2D eigenvalue weighted by Gasteiger charge is -2.28. The van der Waals surface area contributed by atoms with E-state index in [1.807, 2.05) is 13.8 Å². The van der Waals surface area contributed by atoms with Gasteiger partial charge in [-0.05, 0) is 33.6 Å². The van der Waals surface area contributed by atoms with Gasteiger partial charge in [0.05, 0.1) is 11.4 Å². The lowest BCUT2D eigenvalue weighted by atomic mass is 9.94. The van der Waals surface area contributed by atoms with Crippen LogP contribution >= 0.6 is 0 Å². The van der Waals surface area contributed by atoms with Gasteiger partial charge in [0.2, 0.25) is 0 Å². The first-order valence-corrected chi connectivity index (χ1v) is 7.99. The Kier molecular flexibility index (Phi) is 5.24. The fourth-order valence-electron chi connectivity index (χ4n) is 3.10. The summed E-state index contributed by atoms with van der Waals surface area (Å²) >= 11 is 0. The average molecular weight is 306 g/mol. The molecule has 0 spiro atoms. The molecular weight excluding hydrogens is 280 g/mol. The SMILES string of the molecule is CCN(N)c1nc(C)c(C(=O)O)c(NC2CCCCC2)c1C. The van der Waals surface area contributed by atoms with Crippen LogP contribution in [0.25, 0.3) is 0 Å². The van der Waals surface area contributed by atoms with E-state index < -0.39 is 5.97 Å². The van der Waals surface area contributed by atoms with Crippen molar-refractivity contribution in [2.75, 3.05) is 16.9 Å². The Morgan fingerprint density at radius 1 is 1.36 bits per heavy atom. The summed E-state index contributed by atoms with van der Waals surface area (Å²) in [4.78, 5) is 16.1. The number of hydrogen-bond acceptors (Lipinski definition) is 5. The molecule has 0 amide bonds. The number of nitrogens with zero attached hydrogens (tertiary/aromatic N) is 2. The van der Waals surface area contributed by atoms with E-state index in [1.165, 1.54) is 19.3 Å². The van der Waals surface area contributed by atoms with Crippen LogP contribution in [0.15, 0.2) is 0 Å². The minimum Gasteiger partial charge on any atom is -0.478 e. The van der Waals surface area contributed by atoms with Crippen molar-refractivity contribution in [2.45, 2.75) is 58.9 Å². The van der Waals surface area contributed by atoms with Crippen molar-refractivity contribution in [3.8, 4) is 0 Å². The van der Waals surface area contributed by atoms with E-state index in [-0.39, 0.29) is 5.56 Å². The van der Waals surface area contributed by atoms with Crippen LogP contribution in [0.3, 0.4) is 0 Å². The molecule has 22 heavy (non-hydrogen) atoms. The molecule has 4 N–H and O–H groups in total. The second kappa shape index (κ2) is 6.96. The number of aromatic carboxylic acids is 1. The van der Waals surface area contributed by atoms with Crippen LogP contribution in [0.1, 0.15) is 60.6 Å². The Hall–Kier alpha value is -1.82. The van der Waals surface area contributed by atoms with Gasteiger partial charge >= 0.3 is 5.97 Å². The normalized spacial score (nSPS) is 15.6. The molecule has 1 aliphatic rings. The Bertz CT molecular complexity index is 554. The third kappa shape index (κ3) is 3.32. The monoisotopic (exact) mass is 306 g/mol. The summed E-state index contributed by atoms with van der Waals surface area (Å²) in [7, 11) is 0. The number of hydrogen-bond donors (Lipinski definition) is 3. The highest BCUT2D eigenvalue weighted by atomic mass is 16.4. The first-order chi connectivity index (χ1) is 10.5. The zero-order chi connectivity index (χ0) is 16.3. The molecule has 2 rings (SSSR count). The van der Waals surface area contributed by atoms with Gasteiger partial charge in [-0.2, -0.15) is 0 Å². The fraction of sp³-hybridized carbons (Fsp3) is 0.625. The highest BCUT2D eigenvalue weighted by Gasteiger charge is 2.24. The number of rotatable bonds is 5. The van der Waals surface area contributed by atoms with E-state index in [0.29, 0.717) is 29.8 Å². The van der Waals surface area contributed by atoms with Crippen LogP contribution in [0.2, 0.25) is 0 Å². The van der Waals surface area contributed by atoms with Crippen molar-refractivity contribution in [1.82, 2.24) is 4.98 Å². The van der Waals surface area contributed by atoms with E-state index in [9.17, 15) is 9.90 Å². The summed E-state index contributed by atoms with van der Waals surface area (Å²) in [6.07, 6.45) is 5.79. The van der Waals surface area contributed by atoms with Gasteiger partial charge in [-0.25, -0.2) is 15.6 Å². The van der Waals surface area contributed by atoms with E-state index in [1.54, 1.807) is 11.9 Å². The molecule has 122 valence electrons. The molecule has 0 aliphatic heterocycles. The van der Waals surface area contributed by atoms with E-state index in [4.69, 9.17) is 5.84 Å². The number of nitrogens with one attached hydrogen (secondary N) is 1. The minimum absolute atomic E-state index is 0.260. The number of hydrazine groups is 1. The van der Waals surface area contributed by atoms with Crippen LogP contribution in [-0.4, -0.2) is 28.6 Å². The summed E-state index contributed by atoms with van der Waals surface area (Å²) in [5.41, 5.74) is 2.23. The fourth-order valence-corrected chi connectivity index (χ4v) is 3.10. The number of carboxylic acid groups (broad SMARTS) is 1. The summed E-state index contributed by atoms with van der Waals surface area (Å²) in [6.45, 7) is 6.16. The van der Waals surface area contributed by atoms with Crippen LogP contribution in [0.4, 0.5) is 11.5 Å². The molecule has 0 radical (unpaired) electrons. The smallest absolute Gasteiger partial charge is 0.339 e. The number of aryl methyl sites for hydroxylation is 1. The summed E-state index contributed by atoms with van der Waals surface area (Å²) < 4.78 is 0. The molecule has 0 aromatic carbocycles. The molecule has 1 heterocycles. The zero-order valence-corrected chi connectivity index (χ0v) is 13.6. The molecule has 1 aromatic rings. The first-order valence-electron chi connectivity index (χ1n) is 7.99. The van der Waals surface area contributed by atoms with Gasteiger partial charge in [0.1, 0.15) is 11.4 Å². The second-order valence-corrected chi connectivity index (χ2v) is 5.97. The molecule has 1 aliphatic carbocycles. The zero-order valence-electron chi connectivity index (χ0n) is 13.6. The summed E-state index contributed by atoms with van der Waals surface area (Å²) in [5, 5.41) is 14.6. The molecule has 1 fully saturated rings. The molecule has 0 bridgehead atoms. The highest BCUT2D eigenvalue weighted by Crippen LogP contribution is 2.32. The lowest BCUT2D eigenvalue weighted by Crippen LogP contribution is -2.33. The Balaban J connectivity index is 2.46. The second-order valence-electron chi connectivity index (χ2n) is 5.97. The predicted octanol–water partition coefficient (Wildman–Crippen LogP) is 2.84. The quantitative estimate of drug-likeness (QED) is 0.572. The third-order valence-electron chi connectivity index (χ3n) is 4.38. The van der Waals surface area contributed by atoms with E-state index in [0.717, 1.165) is 18.4 Å². The molecule has 1 saturated carbocycles. The molecular formula is C16H26N4O2. The molecule has 0 atom stereocenters. The van der Waals surface area contributed by atoms with Gasteiger partial charge < -0.3 is 10.4 Å². The molecule has 6 heteroatoms. The summed E-state index contributed by atoms with van der Waals surface area (Å²) in [5.74, 6) is 5.68. The van der Waals surface area contributed by atoms with Crippen LogP contribution in [-0.2, 0) is 0 Å². The molecule has 0 unspecified atom stereocenters. The van der Waals surface area contributed by atoms with Crippen molar-refractivity contribution in [3.05, 3.63) is 16.8 Å². The first kappa shape index (κ1) is 16.5. The van der Waals surface area contributed by atoms with Gasteiger partial charge in [-0.15, -0.1) is 0 Å². The van der Waals surface area contributed by atoms with Crippen LogP contribution in [0.5, 0.6) is 0 Å². The van der Waals surface area contributed by atoms with Crippen LogP contribution in [0, 0.1) is 13.8 Å². The van der Waals surface area contributed by atoms with Crippen LogP contribution < -0.4 is 16.2 Å². The molecule has 1 aromatic heterocycles. The molecule has 6 nitrogen and oxygen atoms in total. The van der Waals surface area contributed by atoms with Crippen molar-refractivity contribution < 1.29 is 9.90 Å². The van der Waals surface area contributed by atoms with Crippen molar-refractivity contribution >= 4 is 17.5 Å². The Morgan fingerprint density at radius 3 is 2.55 bits per heavy atom. The van der Waals surface area contributed by atoms with Gasteiger partial charge in [-0.1, -0.05) is 19.3 Å². The lowest BCUT2D eigenvalue weighted by molar-refractivity contribution is 0.0696. The van der Waals surface area contributed by atoms with Gasteiger partial charge in [-0.3, -0.25) is 5.01 Å². The Morgan fingerprint density at radius 2 is 2.00 bits per heavy atom.